The molecule has 0 aliphatic heterocycles. The Balaban J connectivity index is 2.19. The van der Waals surface area contributed by atoms with Crippen LogP contribution in [0.3, 0.4) is 0 Å². The van der Waals surface area contributed by atoms with Crippen LogP contribution in [0.1, 0.15) is 18.3 Å². The van der Waals surface area contributed by atoms with Crippen LogP contribution in [-0.4, -0.2) is 29.7 Å². The molecule has 0 unspecified atom stereocenters. The molecule has 0 fully saturated rings. The van der Waals surface area contributed by atoms with Crippen molar-refractivity contribution in [2.45, 2.75) is 24.9 Å². The van der Waals surface area contributed by atoms with E-state index in [1.165, 1.54) is 21.8 Å². The molecule has 1 N–H and O–H groups in total. The van der Waals surface area contributed by atoms with Crippen molar-refractivity contribution in [1.29, 1.82) is 0 Å². The van der Waals surface area contributed by atoms with Gasteiger partial charge < -0.3 is 4.98 Å². The van der Waals surface area contributed by atoms with Crippen LogP contribution in [0.5, 0.6) is 0 Å². The second-order valence-corrected chi connectivity index (χ2v) is 8.37. The minimum atomic E-state index is -3.51. The minimum absolute atomic E-state index is 0.140. The number of aromatic amines is 1. The van der Waals surface area contributed by atoms with E-state index in [-0.39, 0.29) is 5.03 Å². The Hall–Kier alpha value is -0.700. The minimum Gasteiger partial charge on any atom is -0.332 e. The molecule has 0 aliphatic carbocycles. The molecule has 2 aromatic rings. The zero-order chi connectivity index (χ0) is 14.0. The summed E-state index contributed by atoms with van der Waals surface area (Å²) < 4.78 is 26.9. The summed E-state index contributed by atoms with van der Waals surface area (Å²) in [5, 5.41) is 2.07. The first-order valence-electron chi connectivity index (χ1n) is 5.66. The number of hydrogen-bond acceptors (Lipinski definition) is 4. The average Bonchev–Trinajstić information content (AvgIpc) is 2.98. The highest BCUT2D eigenvalue weighted by Crippen LogP contribution is 2.23. The van der Waals surface area contributed by atoms with Gasteiger partial charge in [-0.2, -0.15) is 4.31 Å². The Morgan fingerprint density at radius 3 is 2.79 bits per heavy atom. The van der Waals surface area contributed by atoms with Crippen molar-refractivity contribution in [1.82, 2.24) is 14.3 Å². The van der Waals surface area contributed by atoms with Crippen LogP contribution in [0.25, 0.3) is 0 Å². The largest absolute Gasteiger partial charge is 0.332 e. The monoisotopic (exact) mass is 363 g/mol. The number of nitrogens with one attached hydrogen (secondary N) is 1. The van der Waals surface area contributed by atoms with Crippen molar-refractivity contribution in [3.8, 4) is 0 Å². The third-order valence-corrected chi connectivity index (χ3v) is 5.92. The summed E-state index contributed by atoms with van der Waals surface area (Å²) in [7, 11) is -1.95. The fraction of sp³-hybridized carbons (Fsp3) is 0.364. The number of imidazole rings is 1. The van der Waals surface area contributed by atoms with Gasteiger partial charge in [0.15, 0.2) is 5.03 Å². The number of rotatable bonds is 5. The fourth-order valence-electron chi connectivity index (χ4n) is 1.59. The molecule has 2 rings (SSSR count). The van der Waals surface area contributed by atoms with Gasteiger partial charge >= 0.3 is 0 Å². The lowest BCUT2D eigenvalue weighted by Gasteiger charge is -2.14. The maximum Gasteiger partial charge on any atom is 0.260 e. The van der Waals surface area contributed by atoms with E-state index in [0.717, 1.165) is 9.35 Å². The number of halogens is 1. The Morgan fingerprint density at radius 2 is 2.26 bits per heavy atom. The Labute approximate surface area is 124 Å². The van der Waals surface area contributed by atoms with Gasteiger partial charge in [0.1, 0.15) is 5.82 Å². The molecule has 0 spiro atoms. The predicted molar refractivity (Wildman–Crippen MR) is 78.6 cm³/mol. The lowest BCUT2D eigenvalue weighted by Crippen LogP contribution is -2.26. The third-order valence-electron chi connectivity index (χ3n) is 2.66. The molecule has 0 bridgehead atoms. The van der Waals surface area contributed by atoms with Gasteiger partial charge in [0.2, 0.25) is 0 Å². The van der Waals surface area contributed by atoms with Crippen molar-refractivity contribution in [2.75, 3.05) is 7.05 Å². The molecule has 0 amide bonds. The van der Waals surface area contributed by atoms with Crippen LogP contribution in [-0.2, 0) is 23.0 Å². The summed E-state index contributed by atoms with van der Waals surface area (Å²) >= 11 is 4.90. The molecule has 5 nitrogen and oxygen atoms in total. The molecule has 19 heavy (non-hydrogen) atoms. The Morgan fingerprint density at radius 1 is 1.53 bits per heavy atom. The summed E-state index contributed by atoms with van der Waals surface area (Å²) in [6.45, 7) is 2.26. The van der Waals surface area contributed by atoms with Gasteiger partial charge in [0, 0.05) is 20.0 Å². The second-order valence-electron chi connectivity index (χ2n) is 4.07. The van der Waals surface area contributed by atoms with E-state index in [2.05, 4.69) is 25.9 Å². The summed E-state index contributed by atoms with van der Waals surface area (Å²) in [6, 6.07) is 1.92. The van der Waals surface area contributed by atoms with Crippen molar-refractivity contribution >= 4 is 37.3 Å². The topological polar surface area (TPSA) is 66.1 Å². The van der Waals surface area contributed by atoms with Crippen LogP contribution in [0, 0.1) is 0 Å². The van der Waals surface area contributed by atoms with Gasteiger partial charge in [0.05, 0.1) is 9.98 Å². The molecule has 0 saturated carbocycles. The Kier molecular flexibility index (Phi) is 4.44. The van der Waals surface area contributed by atoms with Gasteiger partial charge in [-0.3, -0.25) is 0 Å². The van der Waals surface area contributed by atoms with Crippen molar-refractivity contribution in [3.05, 3.63) is 32.8 Å². The fourth-order valence-corrected chi connectivity index (χ4v) is 3.88. The van der Waals surface area contributed by atoms with E-state index >= 15 is 0 Å². The van der Waals surface area contributed by atoms with Crippen molar-refractivity contribution in [2.24, 2.45) is 0 Å². The molecule has 0 atom stereocenters. The molecular formula is C11H14BrN3O2S2. The number of aryl methyl sites for hydroxylation is 1. The normalized spacial score (nSPS) is 12.2. The Bertz CT molecular complexity index is 663. The first-order valence-corrected chi connectivity index (χ1v) is 8.78. The van der Waals surface area contributed by atoms with Crippen molar-refractivity contribution < 1.29 is 8.42 Å². The molecule has 2 aromatic heterocycles. The highest BCUT2D eigenvalue weighted by molar-refractivity contribution is 9.11. The van der Waals surface area contributed by atoms with E-state index in [1.807, 2.05) is 18.4 Å². The lowest BCUT2D eigenvalue weighted by molar-refractivity contribution is 0.464. The zero-order valence-electron chi connectivity index (χ0n) is 10.6. The van der Waals surface area contributed by atoms with Crippen LogP contribution < -0.4 is 0 Å². The first-order chi connectivity index (χ1) is 8.93. The van der Waals surface area contributed by atoms with E-state index in [4.69, 9.17) is 0 Å². The maximum atomic E-state index is 12.3. The molecule has 104 valence electrons. The van der Waals surface area contributed by atoms with E-state index in [1.54, 1.807) is 7.05 Å². The molecule has 0 saturated heterocycles. The summed E-state index contributed by atoms with van der Waals surface area (Å²) in [4.78, 5) is 6.86. The number of thiophene rings is 1. The quantitative estimate of drug-likeness (QED) is 0.887. The van der Waals surface area contributed by atoms with E-state index < -0.39 is 10.0 Å². The predicted octanol–water partition coefficient (Wildman–Crippen LogP) is 2.62. The maximum absolute atomic E-state index is 12.3. The lowest BCUT2D eigenvalue weighted by atomic mass is 10.3. The van der Waals surface area contributed by atoms with Gasteiger partial charge in [-0.15, -0.1) is 11.3 Å². The van der Waals surface area contributed by atoms with E-state index in [0.29, 0.717) is 18.8 Å². The van der Waals surface area contributed by atoms with Gasteiger partial charge in [-0.25, -0.2) is 13.4 Å². The number of nitrogens with zero attached hydrogens (tertiary/aromatic N) is 2. The van der Waals surface area contributed by atoms with Crippen LogP contribution >= 0.6 is 27.3 Å². The second kappa shape index (κ2) is 5.74. The van der Waals surface area contributed by atoms with Gasteiger partial charge in [-0.05, 0) is 32.9 Å². The molecular weight excluding hydrogens is 350 g/mol. The highest BCUT2D eigenvalue weighted by Gasteiger charge is 2.23. The van der Waals surface area contributed by atoms with Gasteiger partial charge in [-0.1, -0.05) is 6.92 Å². The van der Waals surface area contributed by atoms with Crippen LogP contribution in [0.2, 0.25) is 0 Å². The highest BCUT2D eigenvalue weighted by atomic mass is 79.9. The molecule has 0 aromatic carbocycles. The van der Waals surface area contributed by atoms with E-state index in [9.17, 15) is 8.42 Å². The molecule has 2 heterocycles. The number of sulfonamides is 1. The number of H-pyrrole nitrogens is 1. The summed E-state index contributed by atoms with van der Waals surface area (Å²) in [5.74, 6) is 0.672. The molecule has 0 radical (unpaired) electrons. The van der Waals surface area contributed by atoms with Gasteiger partial charge in [0.25, 0.3) is 10.0 Å². The number of hydrogen-bond donors (Lipinski definition) is 1. The summed E-state index contributed by atoms with van der Waals surface area (Å²) in [6.07, 6.45) is 2.05. The average molecular weight is 364 g/mol. The standard InChI is InChI=1S/C11H14BrN3O2S2/c1-3-10-13-5-11(14-10)19(16,17)15(2)6-8-4-9(12)18-7-8/h4-5,7H,3,6H2,1-2H3,(H,13,14). The first kappa shape index (κ1) is 14.7. The van der Waals surface area contributed by atoms with Crippen molar-refractivity contribution in [3.63, 3.8) is 0 Å². The van der Waals surface area contributed by atoms with Crippen LogP contribution in [0.15, 0.2) is 26.5 Å². The van der Waals surface area contributed by atoms with Crippen LogP contribution in [0.4, 0.5) is 0 Å². The molecule has 8 heteroatoms. The molecule has 0 aliphatic rings. The third kappa shape index (κ3) is 3.25. The smallest absolute Gasteiger partial charge is 0.260 e. The summed E-state index contributed by atoms with van der Waals surface area (Å²) in [5.41, 5.74) is 0.957. The SMILES string of the molecule is CCc1ncc(S(=O)(=O)N(C)Cc2csc(Br)c2)[nH]1. The number of aromatic nitrogens is 2. The zero-order valence-corrected chi connectivity index (χ0v) is 13.8.